The first-order valence-corrected chi connectivity index (χ1v) is 15.6. The Labute approximate surface area is 261 Å². The quantitative estimate of drug-likeness (QED) is 0.275. The topological polar surface area (TPSA) is 73.4 Å². The molecule has 0 aromatic heterocycles. The average Bonchev–Trinajstić information content (AvgIpc) is 3.30. The molecule has 44 heavy (non-hydrogen) atoms. The maximum Gasteiger partial charge on any atom is 0.328 e. The smallest absolute Gasteiger partial charge is 0.328 e. The van der Waals surface area contributed by atoms with Crippen molar-refractivity contribution in [3.63, 3.8) is 0 Å². The number of hydrogen-bond acceptors (Lipinski definition) is 5. The van der Waals surface area contributed by atoms with E-state index in [0.29, 0.717) is 32.6 Å². The van der Waals surface area contributed by atoms with Gasteiger partial charge in [0.25, 0.3) is 0 Å². The number of esters is 1. The van der Waals surface area contributed by atoms with Crippen molar-refractivity contribution in [3.05, 3.63) is 108 Å². The summed E-state index contributed by atoms with van der Waals surface area (Å²) in [5.74, 6) is -0.419. The van der Waals surface area contributed by atoms with Crippen molar-refractivity contribution in [1.82, 2.24) is 19.6 Å². The van der Waals surface area contributed by atoms with E-state index in [9.17, 15) is 14.4 Å². The number of urea groups is 1. The number of amides is 3. The molecule has 0 saturated carbocycles. The van der Waals surface area contributed by atoms with E-state index in [1.165, 1.54) is 12.0 Å². The van der Waals surface area contributed by atoms with Gasteiger partial charge in [0, 0.05) is 39.8 Å². The molecule has 0 spiro atoms. The lowest BCUT2D eigenvalue weighted by Gasteiger charge is -2.54. The second kappa shape index (κ2) is 13.6. The third-order valence-corrected chi connectivity index (χ3v) is 9.18. The summed E-state index contributed by atoms with van der Waals surface area (Å²) in [4.78, 5) is 47.8. The van der Waals surface area contributed by atoms with Crippen molar-refractivity contribution in [3.8, 4) is 0 Å². The summed E-state index contributed by atoms with van der Waals surface area (Å²) in [6.07, 6.45) is 1.44. The third-order valence-electron chi connectivity index (χ3n) is 9.18. The minimum absolute atomic E-state index is 0.0924. The van der Waals surface area contributed by atoms with Crippen LogP contribution in [0.1, 0.15) is 43.4 Å². The number of likely N-dealkylation sites (tertiary alicyclic amines) is 1. The second-order valence-corrected chi connectivity index (χ2v) is 12.1. The van der Waals surface area contributed by atoms with Gasteiger partial charge in [-0.2, -0.15) is 0 Å². The Morgan fingerprint density at radius 1 is 0.750 bits per heavy atom. The number of hydrogen-bond donors (Lipinski definition) is 0. The average molecular weight is 597 g/mol. The number of carbonyl (C=O) groups is 3. The summed E-state index contributed by atoms with van der Waals surface area (Å²) < 4.78 is 4.98. The van der Waals surface area contributed by atoms with Crippen molar-refractivity contribution in [2.75, 3.05) is 46.9 Å². The Bertz CT molecular complexity index is 1320. The van der Waals surface area contributed by atoms with Gasteiger partial charge in [-0.25, -0.2) is 9.59 Å². The SMILES string of the molecule is COC(=O)[C@H](C(C)C)N(C)C(=O)N1CCCN(C(=O)[C@@H]2CCN2C(c2ccccc2)(c2ccccc2)c2ccccc2)CC1. The maximum absolute atomic E-state index is 14.3. The van der Waals surface area contributed by atoms with E-state index in [0.717, 1.165) is 29.7 Å². The lowest BCUT2D eigenvalue weighted by Crippen LogP contribution is -2.65. The summed E-state index contributed by atoms with van der Waals surface area (Å²) in [6.45, 7) is 6.54. The lowest BCUT2D eigenvalue weighted by atomic mass is 9.72. The molecular formula is C36H44N4O4. The van der Waals surface area contributed by atoms with Gasteiger partial charge in [0.1, 0.15) is 6.04 Å². The number of carbonyl (C=O) groups excluding carboxylic acids is 3. The van der Waals surface area contributed by atoms with Crippen LogP contribution in [0.15, 0.2) is 91.0 Å². The minimum atomic E-state index is -0.667. The first kappa shape index (κ1) is 31.3. The van der Waals surface area contributed by atoms with Gasteiger partial charge < -0.3 is 19.4 Å². The van der Waals surface area contributed by atoms with Crippen LogP contribution in [0.2, 0.25) is 0 Å². The molecule has 3 amide bonds. The van der Waals surface area contributed by atoms with Gasteiger partial charge in [-0.15, -0.1) is 0 Å². The summed E-state index contributed by atoms with van der Waals surface area (Å²) in [5, 5.41) is 0. The highest BCUT2D eigenvalue weighted by Gasteiger charge is 2.52. The Kier molecular flexibility index (Phi) is 9.69. The van der Waals surface area contributed by atoms with E-state index < -0.39 is 17.6 Å². The van der Waals surface area contributed by atoms with Gasteiger partial charge >= 0.3 is 12.0 Å². The van der Waals surface area contributed by atoms with Crippen LogP contribution in [0.3, 0.4) is 0 Å². The van der Waals surface area contributed by atoms with Crippen molar-refractivity contribution >= 4 is 17.9 Å². The molecule has 8 nitrogen and oxygen atoms in total. The first-order valence-electron chi connectivity index (χ1n) is 15.6. The summed E-state index contributed by atoms with van der Waals surface area (Å²) in [7, 11) is 3.00. The molecule has 2 heterocycles. The Morgan fingerprint density at radius 2 is 1.23 bits per heavy atom. The number of benzene rings is 3. The molecule has 5 rings (SSSR count). The second-order valence-electron chi connectivity index (χ2n) is 12.1. The van der Waals surface area contributed by atoms with E-state index in [1.807, 2.05) is 36.9 Å². The molecule has 0 radical (unpaired) electrons. The molecule has 0 aliphatic carbocycles. The zero-order valence-corrected chi connectivity index (χ0v) is 26.3. The summed E-state index contributed by atoms with van der Waals surface area (Å²) in [6, 6.07) is 30.2. The molecule has 0 bridgehead atoms. The van der Waals surface area contributed by atoms with Gasteiger partial charge in [-0.3, -0.25) is 9.69 Å². The van der Waals surface area contributed by atoms with Gasteiger partial charge in [0.2, 0.25) is 5.91 Å². The van der Waals surface area contributed by atoms with E-state index in [4.69, 9.17) is 4.74 Å². The highest BCUT2D eigenvalue weighted by Crippen LogP contribution is 2.47. The predicted octanol–water partition coefficient (Wildman–Crippen LogP) is 4.84. The Morgan fingerprint density at radius 3 is 1.66 bits per heavy atom. The molecule has 2 atom stereocenters. The van der Waals surface area contributed by atoms with E-state index >= 15 is 0 Å². The molecule has 2 saturated heterocycles. The largest absolute Gasteiger partial charge is 0.467 e. The van der Waals surface area contributed by atoms with Crippen molar-refractivity contribution in [2.24, 2.45) is 5.92 Å². The number of nitrogens with zero attached hydrogens (tertiary/aromatic N) is 4. The standard InChI is InChI=1S/C36H44N4O4/c1-27(2)32(34(42)44-4)37(3)35(43)39-23-14-22-38(25-26-39)33(41)31-21-24-40(31)36(28-15-8-5-9-16-28,29-17-10-6-11-18-29)30-19-12-7-13-20-30/h5-13,15-20,27,31-32H,14,21-26H2,1-4H3/t31-,32-/m0/s1. The highest BCUT2D eigenvalue weighted by molar-refractivity contribution is 5.85. The molecule has 3 aromatic rings. The molecule has 0 unspecified atom stereocenters. The van der Waals surface area contributed by atoms with E-state index in [1.54, 1.807) is 11.9 Å². The normalized spacial score (nSPS) is 18.2. The summed E-state index contributed by atoms with van der Waals surface area (Å²) in [5.41, 5.74) is 2.72. The molecule has 2 fully saturated rings. The van der Waals surface area contributed by atoms with Gasteiger partial charge in [-0.1, -0.05) is 105 Å². The van der Waals surface area contributed by atoms with Crippen molar-refractivity contribution < 1.29 is 19.1 Å². The van der Waals surface area contributed by atoms with E-state index in [-0.39, 0.29) is 23.9 Å². The number of likely N-dealkylation sites (N-methyl/N-ethyl adjacent to an activating group) is 1. The molecule has 232 valence electrons. The monoisotopic (exact) mass is 596 g/mol. The third kappa shape index (κ3) is 5.83. The zero-order chi connectivity index (χ0) is 31.3. The van der Waals surface area contributed by atoms with Crippen LogP contribution in [-0.2, 0) is 19.9 Å². The van der Waals surface area contributed by atoms with E-state index in [2.05, 4.69) is 77.7 Å². The van der Waals surface area contributed by atoms with Gasteiger partial charge in [0.05, 0.1) is 18.7 Å². The molecular weight excluding hydrogens is 552 g/mol. The maximum atomic E-state index is 14.3. The van der Waals surface area contributed by atoms with Crippen LogP contribution in [0.4, 0.5) is 4.79 Å². The fourth-order valence-corrected chi connectivity index (χ4v) is 6.96. The molecule has 8 heteroatoms. The van der Waals surface area contributed by atoms with Gasteiger partial charge in [-0.05, 0) is 35.4 Å². The molecule has 2 aliphatic rings. The lowest BCUT2D eigenvalue weighted by molar-refractivity contribution is -0.147. The summed E-state index contributed by atoms with van der Waals surface area (Å²) >= 11 is 0. The van der Waals surface area contributed by atoms with Crippen molar-refractivity contribution in [1.29, 1.82) is 0 Å². The van der Waals surface area contributed by atoms with Crippen LogP contribution in [0.25, 0.3) is 0 Å². The Hall–Kier alpha value is -4.17. The fraction of sp³-hybridized carbons (Fsp3) is 0.417. The van der Waals surface area contributed by atoms with Crippen LogP contribution in [-0.4, -0.2) is 96.5 Å². The van der Waals surface area contributed by atoms with Gasteiger partial charge in [0.15, 0.2) is 0 Å². The number of methoxy groups -OCH3 is 1. The van der Waals surface area contributed by atoms with Crippen LogP contribution < -0.4 is 0 Å². The number of ether oxygens (including phenoxy) is 1. The van der Waals surface area contributed by atoms with Crippen molar-refractivity contribution in [2.45, 2.75) is 44.3 Å². The highest BCUT2D eigenvalue weighted by atomic mass is 16.5. The minimum Gasteiger partial charge on any atom is -0.467 e. The zero-order valence-electron chi connectivity index (χ0n) is 26.3. The number of rotatable bonds is 8. The predicted molar refractivity (Wildman–Crippen MR) is 171 cm³/mol. The van der Waals surface area contributed by atoms with Crippen LogP contribution >= 0.6 is 0 Å². The molecule has 2 aliphatic heterocycles. The van der Waals surface area contributed by atoms with Crippen LogP contribution in [0.5, 0.6) is 0 Å². The molecule has 3 aromatic carbocycles. The Balaban J connectivity index is 1.40. The first-order chi connectivity index (χ1) is 21.3. The molecule has 0 N–H and O–H groups in total. The van der Waals surface area contributed by atoms with Crippen LogP contribution in [0, 0.1) is 5.92 Å². The fourth-order valence-electron chi connectivity index (χ4n) is 6.96.